The Bertz CT molecular complexity index is 527. The van der Waals surface area contributed by atoms with Gasteiger partial charge in [-0.05, 0) is 30.5 Å². The molecule has 2 rings (SSSR count). The Morgan fingerprint density at radius 1 is 1.38 bits per heavy atom. The van der Waals surface area contributed by atoms with Gasteiger partial charge in [0.1, 0.15) is 5.82 Å². The maximum Gasteiger partial charge on any atom is 0.320 e. The zero-order chi connectivity index (χ0) is 15.4. The Balaban J connectivity index is 1.90. The van der Waals surface area contributed by atoms with Crippen LogP contribution in [0.1, 0.15) is 18.4 Å². The summed E-state index contributed by atoms with van der Waals surface area (Å²) in [6.07, 6.45) is 0.962. The molecule has 1 aromatic carbocycles. The fourth-order valence-electron chi connectivity index (χ4n) is 2.54. The molecule has 1 aromatic rings. The molecule has 21 heavy (non-hydrogen) atoms. The normalized spacial score (nSPS) is 15.8. The molecule has 1 fully saturated rings. The summed E-state index contributed by atoms with van der Waals surface area (Å²) in [5.74, 6) is -1.48. The molecule has 1 N–H and O–H groups in total. The summed E-state index contributed by atoms with van der Waals surface area (Å²) in [6.45, 7) is 1.22. The summed E-state index contributed by atoms with van der Waals surface area (Å²) in [6, 6.07) is 6.00. The van der Waals surface area contributed by atoms with Gasteiger partial charge in [0.25, 0.3) is 0 Å². The summed E-state index contributed by atoms with van der Waals surface area (Å²) < 4.78 is 13.1. The highest BCUT2D eigenvalue weighted by atomic mass is 19.1. The van der Waals surface area contributed by atoms with Crippen LogP contribution in [0.2, 0.25) is 0 Å². The number of carboxylic acids is 1. The number of urea groups is 1. The molecule has 0 unspecified atom stereocenters. The lowest BCUT2D eigenvalue weighted by Crippen LogP contribution is -2.45. The third kappa shape index (κ3) is 3.93. The Morgan fingerprint density at radius 3 is 2.62 bits per heavy atom. The quantitative estimate of drug-likeness (QED) is 0.929. The number of nitrogens with zero attached hydrogens (tertiary/aromatic N) is 2. The molecule has 0 atom stereocenters. The van der Waals surface area contributed by atoms with Crippen molar-refractivity contribution in [3.63, 3.8) is 0 Å². The third-order valence-electron chi connectivity index (χ3n) is 3.75. The first-order valence-corrected chi connectivity index (χ1v) is 6.94. The summed E-state index contributed by atoms with van der Waals surface area (Å²) in [4.78, 5) is 26.3. The second kappa shape index (κ2) is 6.56. The van der Waals surface area contributed by atoms with Gasteiger partial charge in [0.2, 0.25) is 0 Å². The van der Waals surface area contributed by atoms with Gasteiger partial charge < -0.3 is 14.9 Å². The topological polar surface area (TPSA) is 60.9 Å². The van der Waals surface area contributed by atoms with Crippen molar-refractivity contribution in [3.8, 4) is 0 Å². The van der Waals surface area contributed by atoms with Crippen molar-refractivity contribution < 1.29 is 19.1 Å². The number of carbonyl (C=O) groups is 2. The average molecular weight is 294 g/mol. The monoisotopic (exact) mass is 294 g/mol. The Hall–Kier alpha value is -2.11. The lowest BCUT2D eigenvalue weighted by Gasteiger charge is -2.33. The molecule has 0 radical (unpaired) electrons. The first kappa shape index (κ1) is 15.3. The Labute approximate surface area is 123 Å². The molecule has 1 heterocycles. The highest BCUT2D eigenvalue weighted by Crippen LogP contribution is 2.18. The van der Waals surface area contributed by atoms with Gasteiger partial charge in [-0.1, -0.05) is 12.1 Å². The number of halogens is 1. The average Bonchev–Trinajstić information content (AvgIpc) is 2.46. The van der Waals surface area contributed by atoms with Gasteiger partial charge >= 0.3 is 12.0 Å². The number of hydrogen-bond acceptors (Lipinski definition) is 2. The van der Waals surface area contributed by atoms with Crippen molar-refractivity contribution in [1.29, 1.82) is 0 Å². The first-order valence-electron chi connectivity index (χ1n) is 6.94. The molecule has 1 aliphatic heterocycles. The fraction of sp³-hybridized carbons (Fsp3) is 0.467. The van der Waals surface area contributed by atoms with Crippen LogP contribution in [0, 0.1) is 11.7 Å². The SMILES string of the molecule is CN(Cc1cccc(F)c1)C(=O)N1CCC(C(=O)O)CC1. The summed E-state index contributed by atoms with van der Waals surface area (Å²) >= 11 is 0. The summed E-state index contributed by atoms with van der Waals surface area (Å²) in [7, 11) is 1.66. The number of benzene rings is 1. The van der Waals surface area contributed by atoms with Crippen LogP contribution in [0.3, 0.4) is 0 Å². The largest absolute Gasteiger partial charge is 0.481 e. The van der Waals surface area contributed by atoms with Gasteiger partial charge in [0, 0.05) is 26.7 Å². The molecule has 0 aliphatic carbocycles. The van der Waals surface area contributed by atoms with Crippen molar-refractivity contribution in [3.05, 3.63) is 35.6 Å². The standard InChI is InChI=1S/C15H19FN2O3/c1-17(10-11-3-2-4-13(16)9-11)15(21)18-7-5-12(6-8-18)14(19)20/h2-4,9,12H,5-8,10H2,1H3,(H,19,20). The minimum atomic E-state index is -0.796. The van der Waals surface area contributed by atoms with Gasteiger partial charge in [-0.15, -0.1) is 0 Å². The van der Waals surface area contributed by atoms with Crippen molar-refractivity contribution in [2.24, 2.45) is 5.92 Å². The van der Waals surface area contributed by atoms with E-state index >= 15 is 0 Å². The van der Waals surface area contributed by atoms with Crippen LogP contribution in [0.5, 0.6) is 0 Å². The van der Waals surface area contributed by atoms with Gasteiger partial charge in [-0.3, -0.25) is 4.79 Å². The van der Waals surface area contributed by atoms with Crippen LogP contribution in [0.25, 0.3) is 0 Å². The number of aliphatic carboxylic acids is 1. The maximum absolute atomic E-state index is 13.1. The molecule has 1 saturated heterocycles. The molecule has 6 heteroatoms. The molecule has 5 nitrogen and oxygen atoms in total. The van der Waals surface area contributed by atoms with Crippen molar-refractivity contribution in [1.82, 2.24) is 9.80 Å². The summed E-state index contributed by atoms with van der Waals surface area (Å²) in [5, 5.41) is 8.94. The van der Waals surface area contributed by atoms with E-state index in [-0.39, 0.29) is 17.8 Å². The second-order valence-corrected chi connectivity index (χ2v) is 5.37. The van der Waals surface area contributed by atoms with E-state index in [2.05, 4.69) is 0 Å². The molecular weight excluding hydrogens is 275 g/mol. The first-order chi connectivity index (χ1) is 9.97. The lowest BCUT2D eigenvalue weighted by molar-refractivity contribution is -0.143. The molecule has 0 aromatic heterocycles. The van der Waals surface area contributed by atoms with E-state index in [0.717, 1.165) is 5.56 Å². The van der Waals surface area contributed by atoms with Crippen LogP contribution in [0.15, 0.2) is 24.3 Å². The molecule has 0 bridgehead atoms. The molecule has 0 saturated carbocycles. The molecule has 114 valence electrons. The maximum atomic E-state index is 13.1. The van der Waals surface area contributed by atoms with E-state index in [1.165, 1.54) is 17.0 Å². The lowest BCUT2D eigenvalue weighted by atomic mass is 9.97. The van der Waals surface area contributed by atoms with Crippen molar-refractivity contribution >= 4 is 12.0 Å². The van der Waals surface area contributed by atoms with Crippen LogP contribution >= 0.6 is 0 Å². The van der Waals surface area contributed by atoms with E-state index < -0.39 is 5.97 Å². The fourth-order valence-corrected chi connectivity index (χ4v) is 2.54. The Morgan fingerprint density at radius 2 is 2.05 bits per heavy atom. The number of carboxylic acid groups (broad SMARTS) is 1. The van der Waals surface area contributed by atoms with Crippen molar-refractivity contribution in [2.75, 3.05) is 20.1 Å². The van der Waals surface area contributed by atoms with Crippen LogP contribution in [0.4, 0.5) is 9.18 Å². The molecular formula is C15H19FN2O3. The van der Waals surface area contributed by atoms with Crippen molar-refractivity contribution in [2.45, 2.75) is 19.4 Å². The number of rotatable bonds is 3. The van der Waals surface area contributed by atoms with E-state index in [1.807, 2.05) is 0 Å². The third-order valence-corrected chi connectivity index (χ3v) is 3.75. The molecule has 1 aliphatic rings. The number of piperidine rings is 1. The zero-order valence-corrected chi connectivity index (χ0v) is 12.0. The van der Waals surface area contributed by atoms with Gasteiger partial charge in [-0.2, -0.15) is 0 Å². The minimum absolute atomic E-state index is 0.150. The number of amides is 2. The van der Waals surface area contributed by atoms with E-state index in [0.29, 0.717) is 32.5 Å². The van der Waals surface area contributed by atoms with Gasteiger partial charge in [-0.25, -0.2) is 9.18 Å². The number of hydrogen-bond donors (Lipinski definition) is 1. The predicted molar refractivity (Wildman–Crippen MR) is 75.2 cm³/mol. The predicted octanol–water partition coefficient (Wildman–Crippen LogP) is 2.17. The van der Waals surface area contributed by atoms with Gasteiger partial charge in [0.05, 0.1) is 5.92 Å². The Kier molecular flexibility index (Phi) is 4.77. The smallest absolute Gasteiger partial charge is 0.320 e. The summed E-state index contributed by atoms with van der Waals surface area (Å²) in [5.41, 5.74) is 0.728. The highest BCUT2D eigenvalue weighted by molar-refractivity contribution is 5.75. The number of carbonyl (C=O) groups excluding carboxylic acids is 1. The van der Waals surface area contributed by atoms with E-state index in [1.54, 1.807) is 24.1 Å². The van der Waals surface area contributed by atoms with Crippen LogP contribution in [-0.4, -0.2) is 47.0 Å². The van der Waals surface area contributed by atoms with E-state index in [4.69, 9.17) is 5.11 Å². The van der Waals surface area contributed by atoms with Crippen LogP contribution in [-0.2, 0) is 11.3 Å². The highest BCUT2D eigenvalue weighted by Gasteiger charge is 2.28. The molecule has 2 amide bonds. The van der Waals surface area contributed by atoms with Gasteiger partial charge in [0.15, 0.2) is 0 Å². The van der Waals surface area contributed by atoms with Crippen LogP contribution < -0.4 is 0 Å². The minimum Gasteiger partial charge on any atom is -0.481 e. The zero-order valence-electron chi connectivity index (χ0n) is 12.0. The second-order valence-electron chi connectivity index (χ2n) is 5.37. The van der Waals surface area contributed by atoms with E-state index in [9.17, 15) is 14.0 Å². The molecule has 0 spiro atoms. The number of likely N-dealkylation sites (tertiary alicyclic amines) is 1.